The molecule has 0 spiro atoms. The van der Waals surface area contributed by atoms with E-state index >= 15 is 0 Å². The van der Waals surface area contributed by atoms with Gasteiger partial charge in [-0.05, 0) is 18.1 Å². The predicted molar refractivity (Wildman–Crippen MR) is 101 cm³/mol. The van der Waals surface area contributed by atoms with Crippen LogP contribution in [0.4, 0.5) is 26.3 Å². The fraction of sp³-hybridized carbons (Fsp3) is 0.474. The zero-order chi connectivity index (χ0) is 24.3. The van der Waals surface area contributed by atoms with E-state index in [2.05, 4.69) is 15.5 Å². The van der Waals surface area contributed by atoms with E-state index < -0.39 is 47.3 Å². The van der Waals surface area contributed by atoms with E-state index in [0.717, 1.165) is 4.57 Å². The summed E-state index contributed by atoms with van der Waals surface area (Å²) in [7, 11) is 0. The minimum atomic E-state index is -4.69. The first-order valence-electron chi connectivity index (χ1n) is 9.89. The van der Waals surface area contributed by atoms with Gasteiger partial charge in [0.25, 0.3) is 0 Å². The largest absolute Gasteiger partial charge is 0.451 e. The number of nitrogens with one attached hydrogen (secondary N) is 1. The van der Waals surface area contributed by atoms with Crippen LogP contribution in [0.2, 0.25) is 0 Å². The Kier molecular flexibility index (Phi) is 7.25. The summed E-state index contributed by atoms with van der Waals surface area (Å²) >= 11 is 0. The van der Waals surface area contributed by atoms with Gasteiger partial charge in [-0.2, -0.15) is 13.2 Å². The van der Waals surface area contributed by atoms with Crippen molar-refractivity contribution < 1.29 is 35.9 Å². The molecule has 14 heteroatoms. The molecular formula is C19H20F6N6O2. The Balaban J connectivity index is 1.74. The molecule has 0 bridgehead atoms. The lowest BCUT2D eigenvalue weighted by atomic mass is 10.0. The van der Waals surface area contributed by atoms with Gasteiger partial charge in [0.1, 0.15) is 5.82 Å². The molecule has 180 valence electrons. The van der Waals surface area contributed by atoms with Crippen LogP contribution < -0.4 is 11.1 Å². The van der Waals surface area contributed by atoms with Crippen molar-refractivity contribution in [3.8, 4) is 0 Å². The SMILES string of the molecule is NCCC(=O)NC(CC(=O)N1CCn2c(nnc2C(F)(F)F)C1)Cc1cc(F)c(F)cc1F. The van der Waals surface area contributed by atoms with Gasteiger partial charge in [-0.25, -0.2) is 13.2 Å². The second-order valence-corrected chi connectivity index (χ2v) is 7.47. The van der Waals surface area contributed by atoms with Gasteiger partial charge in [0, 0.05) is 44.6 Å². The van der Waals surface area contributed by atoms with E-state index in [1.807, 2.05) is 0 Å². The number of hydrogen-bond acceptors (Lipinski definition) is 5. The summed E-state index contributed by atoms with van der Waals surface area (Å²) in [5, 5.41) is 9.14. The van der Waals surface area contributed by atoms with Gasteiger partial charge in [-0.1, -0.05) is 0 Å². The Hall–Kier alpha value is -3.16. The van der Waals surface area contributed by atoms with E-state index in [-0.39, 0.29) is 56.8 Å². The van der Waals surface area contributed by atoms with Crippen molar-refractivity contribution in [2.24, 2.45) is 5.73 Å². The monoisotopic (exact) mass is 478 g/mol. The number of rotatable bonds is 7. The van der Waals surface area contributed by atoms with E-state index in [4.69, 9.17) is 5.73 Å². The molecule has 0 fully saturated rings. The van der Waals surface area contributed by atoms with Crippen molar-refractivity contribution in [2.45, 2.75) is 44.6 Å². The zero-order valence-corrected chi connectivity index (χ0v) is 17.1. The van der Waals surface area contributed by atoms with E-state index in [1.54, 1.807) is 0 Å². The normalized spacial score (nSPS) is 14.7. The highest BCUT2D eigenvalue weighted by Gasteiger charge is 2.40. The van der Waals surface area contributed by atoms with Crippen LogP contribution in [0.5, 0.6) is 0 Å². The van der Waals surface area contributed by atoms with Crippen LogP contribution in [0.1, 0.15) is 30.1 Å². The van der Waals surface area contributed by atoms with Gasteiger partial charge in [0.05, 0.1) is 6.54 Å². The van der Waals surface area contributed by atoms with Crippen LogP contribution in [-0.4, -0.2) is 50.6 Å². The number of halogens is 6. The van der Waals surface area contributed by atoms with Crippen molar-refractivity contribution in [3.05, 3.63) is 46.8 Å². The number of carbonyl (C=O) groups excluding carboxylic acids is 2. The first-order valence-corrected chi connectivity index (χ1v) is 9.89. The maximum atomic E-state index is 14.1. The lowest BCUT2D eigenvalue weighted by molar-refractivity contribution is -0.148. The third kappa shape index (κ3) is 5.80. The van der Waals surface area contributed by atoms with E-state index in [1.165, 1.54) is 4.90 Å². The predicted octanol–water partition coefficient (Wildman–Crippen LogP) is 1.52. The highest BCUT2D eigenvalue weighted by molar-refractivity contribution is 5.80. The van der Waals surface area contributed by atoms with Gasteiger partial charge in [0.15, 0.2) is 17.5 Å². The molecule has 3 N–H and O–H groups in total. The lowest BCUT2D eigenvalue weighted by Crippen LogP contribution is -2.44. The Morgan fingerprint density at radius 1 is 1.09 bits per heavy atom. The molecule has 1 aromatic carbocycles. The molecule has 2 heterocycles. The lowest BCUT2D eigenvalue weighted by Gasteiger charge is -2.29. The van der Waals surface area contributed by atoms with Crippen LogP contribution in [0.3, 0.4) is 0 Å². The minimum absolute atomic E-state index is 0.00929. The van der Waals surface area contributed by atoms with Gasteiger partial charge >= 0.3 is 6.18 Å². The quantitative estimate of drug-likeness (QED) is 0.464. The molecule has 1 aromatic heterocycles. The molecule has 2 aromatic rings. The van der Waals surface area contributed by atoms with Gasteiger partial charge in [0.2, 0.25) is 17.6 Å². The van der Waals surface area contributed by atoms with Crippen LogP contribution in [0.25, 0.3) is 0 Å². The molecule has 1 unspecified atom stereocenters. The molecule has 1 atom stereocenters. The summed E-state index contributed by atoms with van der Waals surface area (Å²) in [5.74, 6) is -6.04. The topological polar surface area (TPSA) is 106 Å². The van der Waals surface area contributed by atoms with Gasteiger partial charge in [-0.3, -0.25) is 9.59 Å². The van der Waals surface area contributed by atoms with Crippen molar-refractivity contribution >= 4 is 11.8 Å². The molecule has 3 rings (SSSR count). The Morgan fingerprint density at radius 3 is 2.45 bits per heavy atom. The summed E-state index contributed by atoms with van der Waals surface area (Å²) in [6, 6.07) is 0.00155. The fourth-order valence-electron chi connectivity index (χ4n) is 3.51. The minimum Gasteiger partial charge on any atom is -0.352 e. The van der Waals surface area contributed by atoms with Crippen LogP contribution in [-0.2, 0) is 35.3 Å². The standard InChI is InChI=1S/C19H20F6N6O2/c20-12-8-14(22)13(21)6-10(12)5-11(27-16(32)1-2-26)7-17(33)30-3-4-31-15(9-30)28-29-18(31)19(23,24)25/h6,8,11H,1-5,7,9,26H2,(H,27,32). The number of benzene rings is 1. The average molecular weight is 478 g/mol. The first kappa shape index (κ1) is 24.5. The molecule has 0 aliphatic carbocycles. The van der Waals surface area contributed by atoms with Gasteiger partial charge < -0.3 is 20.5 Å². The molecule has 33 heavy (non-hydrogen) atoms. The Bertz CT molecular complexity index is 1040. The van der Waals surface area contributed by atoms with E-state index in [9.17, 15) is 35.9 Å². The number of carbonyl (C=O) groups is 2. The average Bonchev–Trinajstić information content (AvgIpc) is 3.15. The highest BCUT2D eigenvalue weighted by atomic mass is 19.4. The van der Waals surface area contributed by atoms with E-state index in [0.29, 0.717) is 12.1 Å². The maximum absolute atomic E-state index is 14.1. The highest BCUT2D eigenvalue weighted by Crippen LogP contribution is 2.29. The molecule has 0 saturated heterocycles. The van der Waals surface area contributed by atoms with Crippen molar-refractivity contribution in [1.29, 1.82) is 0 Å². The smallest absolute Gasteiger partial charge is 0.352 e. The second-order valence-electron chi connectivity index (χ2n) is 7.47. The fourth-order valence-corrected chi connectivity index (χ4v) is 3.51. The van der Waals surface area contributed by atoms with Crippen molar-refractivity contribution in [3.63, 3.8) is 0 Å². The summed E-state index contributed by atoms with van der Waals surface area (Å²) in [4.78, 5) is 26.0. The number of nitrogens with zero attached hydrogens (tertiary/aromatic N) is 4. The Labute approximate surface area is 183 Å². The number of fused-ring (bicyclic) bond motifs is 1. The maximum Gasteiger partial charge on any atom is 0.451 e. The zero-order valence-electron chi connectivity index (χ0n) is 17.1. The molecule has 8 nitrogen and oxygen atoms in total. The molecule has 0 radical (unpaired) electrons. The van der Waals surface area contributed by atoms with Crippen LogP contribution in [0.15, 0.2) is 12.1 Å². The van der Waals surface area contributed by atoms with Crippen LogP contribution in [0, 0.1) is 17.5 Å². The van der Waals surface area contributed by atoms with Gasteiger partial charge in [-0.15, -0.1) is 10.2 Å². The molecular weight excluding hydrogens is 458 g/mol. The number of aromatic nitrogens is 3. The third-order valence-corrected chi connectivity index (χ3v) is 5.07. The number of amides is 2. The summed E-state index contributed by atoms with van der Waals surface area (Å²) in [6.07, 6.45) is -5.47. The van der Waals surface area contributed by atoms with Crippen LogP contribution >= 0.6 is 0 Å². The summed E-state index contributed by atoms with van der Waals surface area (Å²) in [6.45, 7) is -0.499. The second kappa shape index (κ2) is 9.77. The van der Waals surface area contributed by atoms with Crippen molar-refractivity contribution in [2.75, 3.05) is 13.1 Å². The summed E-state index contributed by atoms with van der Waals surface area (Å²) < 4.78 is 80.7. The van der Waals surface area contributed by atoms with Crippen molar-refractivity contribution in [1.82, 2.24) is 25.0 Å². The molecule has 1 aliphatic heterocycles. The Morgan fingerprint density at radius 2 is 1.79 bits per heavy atom. The first-order chi connectivity index (χ1) is 15.5. The number of hydrogen-bond donors (Lipinski definition) is 2. The summed E-state index contributed by atoms with van der Waals surface area (Å²) in [5.41, 5.74) is 5.08. The molecule has 1 aliphatic rings. The number of nitrogens with two attached hydrogens (primary N) is 1. The number of alkyl halides is 3. The third-order valence-electron chi connectivity index (χ3n) is 5.07. The molecule has 2 amide bonds. The molecule has 0 saturated carbocycles.